The number of halogens is 1. The van der Waals surface area contributed by atoms with Crippen molar-refractivity contribution in [3.05, 3.63) is 44.7 Å². The average Bonchev–Trinajstić information content (AvgIpc) is 2.65. The molecule has 0 spiro atoms. The second-order valence-corrected chi connectivity index (χ2v) is 6.82. The third-order valence-corrected chi connectivity index (χ3v) is 4.34. The lowest BCUT2D eigenvalue weighted by molar-refractivity contribution is -0.145. The van der Waals surface area contributed by atoms with Crippen molar-refractivity contribution < 1.29 is 23.5 Å². The monoisotopic (exact) mass is 452 g/mol. The largest absolute Gasteiger partial charge is 0.464 e. The van der Waals surface area contributed by atoms with Gasteiger partial charge in [-0.05, 0) is 44.5 Å². The summed E-state index contributed by atoms with van der Waals surface area (Å²) in [6.45, 7) is 4.00. The standard InChI is InChI=1S/C19H21BrN2O6/c1-3-21-16(23)8-6-14(19(26)27-4-2)22-17(24)13-10-11-9-12(20)5-7-15(11)28-18(13)25/h5,7,9-10,14H,3-4,6,8H2,1-2H3,(H,21,23)(H,22,24)/t14-/m0/s1. The van der Waals surface area contributed by atoms with Crippen LogP contribution >= 0.6 is 15.9 Å². The number of amides is 2. The summed E-state index contributed by atoms with van der Waals surface area (Å²) >= 11 is 3.32. The Labute approximate surface area is 169 Å². The highest BCUT2D eigenvalue weighted by atomic mass is 79.9. The maximum Gasteiger partial charge on any atom is 0.349 e. The first kappa shape index (κ1) is 21.6. The molecule has 1 aromatic carbocycles. The number of rotatable bonds is 8. The van der Waals surface area contributed by atoms with Crippen molar-refractivity contribution in [3.63, 3.8) is 0 Å². The molecule has 8 nitrogen and oxygen atoms in total. The Morgan fingerprint density at radius 1 is 1.21 bits per heavy atom. The Bertz CT molecular complexity index is 940. The van der Waals surface area contributed by atoms with Crippen LogP contribution in [0.25, 0.3) is 11.0 Å². The van der Waals surface area contributed by atoms with E-state index in [4.69, 9.17) is 9.15 Å². The molecule has 0 aliphatic heterocycles. The van der Waals surface area contributed by atoms with Gasteiger partial charge in [0.05, 0.1) is 6.61 Å². The number of carbonyl (C=O) groups excluding carboxylic acids is 3. The van der Waals surface area contributed by atoms with Crippen molar-refractivity contribution in [1.82, 2.24) is 10.6 Å². The van der Waals surface area contributed by atoms with E-state index in [-0.39, 0.29) is 30.9 Å². The highest BCUT2D eigenvalue weighted by Gasteiger charge is 2.25. The number of hydrogen-bond acceptors (Lipinski definition) is 6. The summed E-state index contributed by atoms with van der Waals surface area (Å²) in [5.74, 6) is -1.70. The molecule has 2 amide bonds. The molecule has 0 aliphatic rings. The number of esters is 1. The number of ether oxygens (including phenoxy) is 1. The zero-order valence-corrected chi connectivity index (χ0v) is 17.1. The number of carbonyl (C=O) groups is 3. The first-order valence-corrected chi connectivity index (χ1v) is 9.62. The van der Waals surface area contributed by atoms with Crippen molar-refractivity contribution in [3.8, 4) is 0 Å². The fourth-order valence-corrected chi connectivity index (χ4v) is 2.92. The van der Waals surface area contributed by atoms with Crippen molar-refractivity contribution in [1.29, 1.82) is 0 Å². The molecule has 150 valence electrons. The van der Waals surface area contributed by atoms with Crippen LogP contribution in [0.2, 0.25) is 0 Å². The van der Waals surface area contributed by atoms with Crippen molar-refractivity contribution in [2.75, 3.05) is 13.2 Å². The van der Waals surface area contributed by atoms with Crippen LogP contribution in [0.1, 0.15) is 37.0 Å². The fraction of sp³-hybridized carbons (Fsp3) is 0.368. The van der Waals surface area contributed by atoms with E-state index in [1.54, 1.807) is 32.0 Å². The minimum Gasteiger partial charge on any atom is -0.464 e. The quantitative estimate of drug-likeness (QED) is 0.468. The molecule has 0 saturated carbocycles. The van der Waals surface area contributed by atoms with E-state index in [0.29, 0.717) is 17.5 Å². The summed E-state index contributed by atoms with van der Waals surface area (Å²) in [5, 5.41) is 5.64. The number of nitrogens with one attached hydrogen (secondary N) is 2. The van der Waals surface area contributed by atoms with Gasteiger partial charge >= 0.3 is 11.6 Å². The molecular formula is C19H21BrN2O6. The lowest BCUT2D eigenvalue weighted by Gasteiger charge is -2.17. The van der Waals surface area contributed by atoms with E-state index in [1.807, 2.05) is 0 Å². The minimum absolute atomic E-state index is 0.0247. The minimum atomic E-state index is -1.06. The summed E-state index contributed by atoms with van der Waals surface area (Å²) in [5.41, 5.74) is -0.723. The summed E-state index contributed by atoms with van der Waals surface area (Å²) in [4.78, 5) is 48.6. The highest BCUT2D eigenvalue weighted by Crippen LogP contribution is 2.19. The van der Waals surface area contributed by atoms with E-state index < -0.39 is 23.5 Å². The Kier molecular flexibility index (Phi) is 7.74. The molecule has 0 saturated heterocycles. The van der Waals surface area contributed by atoms with E-state index in [2.05, 4.69) is 26.6 Å². The van der Waals surface area contributed by atoms with Gasteiger partial charge in [0.2, 0.25) is 5.91 Å². The molecule has 0 aliphatic carbocycles. The van der Waals surface area contributed by atoms with Crippen LogP contribution in [0.4, 0.5) is 0 Å². The van der Waals surface area contributed by atoms with Gasteiger partial charge in [0, 0.05) is 22.8 Å². The van der Waals surface area contributed by atoms with Crippen LogP contribution in [0.15, 0.2) is 37.9 Å². The Balaban J connectivity index is 2.22. The highest BCUT2D eigenvalue weighted by molar-refractivity contribution is 9.10. The second kappa shape index (κ2) is 10.0. The summed E-state index contributed by atoms with van der Waals surface area (Å²) in [6.07, 6.45) is 0.0672. The first-order valence-electron chi connectivity index (χ1n) is 8.83. The SMILES string of the molecule is CCNC(=O)CC[C@H](NC(=O)c1cc2cc(Br)ccc2oc1=O)C(=O)OCC. The maximum atomic E-state index is 12.6. The maximum absolute atomic E-state index is 12.6. The molecule has 2 N–H and O–H groups in total. The topological polar surface area (TPSA) is 115 Å². The van der Waals surface area contributed by atoms with E-state index in [0.717, 1.165) is 4.47 Å². The number of hydrogen-bond donors (Lipinski definition) is 2. The Morgan fingerprint density at radius 2 is 1.96 bits per heavy atom. The molecule has 0 bridgehead atoms. The lowest BCUT2D eigenvalue weighted by atomic mass is 10.1. The normalized spacial score (nSPS) is 11.7. The van der Waals surface area contributed by atoms with Crippen LogP contribution in [-0.4, -0.2) is 37.0 Å². The fourth-order valence-electron chi connectivity index (χ4n) is 2.54. The smallest absolute Gasteiger partial charge is 0.349 e. The third-order valence-electron chi connectivity index (χ3n) is 3.85. The second-order valence-electron chi connectivity index (χ2n) is 5.90. The van der Waals surface area contributed by atoms with E-state index >= 15 is 0 Å². The van der Waals surface area contributed by atoms with Crippen molar-refractivity contribution in [2.45, 2.75) is 32.7 Å². The predicted octanol–water partition coefficient (Wildman–Crippen LogP) is 2.13. The summed E-state index contributed by atoms with van der Waals surface area (Å²) < 4.78 is 10.9. The van der Waals surface area contributed by atoms with Gasteiger partial charge in [0.25, 0.3) is 5.91 Å². The molecule has 0 fully saturated rings. The van der Waals surface area contributed by atoms with E-state index in [1.165, 1.54) is 6.07 Å². The van der Waals surface area contributed by atoms with Gasteiger partial charge in [-0.25, -0.2) is 9.59 Å². The molecule has 1 atom stereocenters. The molecule has 9 heteroatoms. The molecule has 0 unspecified atom stereocenters. The van der Waals surface area contributed by atoms with Crippen LogP contribution in [0.3, 0.4) is 0 Å². The Morgan fingerprint density at radius 3 is 2.64 bits per heavy atom. The van der Waals surface area contributed by atoms with Gasteiger partial charge < -0.3 is 19.8 Å². The molecule has 2 rings (SSSR count). The molecular weight excluding hydrogens is 432 g/mol. The van der Waals surface area contributed by atoms with Crippen LogP contribution in [0, 0.1) is 0 Å². The van der Waals surface area contributed by atoms with Crippen LogP contribution < -0.4 is 16.3 Å². The van der Waals surface area contributed by atoms with E-state index in [9.17, 15) is 19.2 Å². The molecule has 2 aromatic rings. The van der Waals surface area contributed by atoms with Crippen molar-refractivity contribution >= 4 is 44.7 Å². The van der Waals surface area contributed by atoms with Crippen LogP contribution in [0.5, 0.6) is 0 Å². The zero-order valence-electron chi connectivity index (χ0n) is 15.5. The van der Waals surface area contributed by atoms with Gasteiger partial charge in [0.15, 0.2) is 0 Å². The van der Waals surface area contributed by atoms with Crippen molar-refractivity contribution in [2.24, 2.45) is 0 Å². The molecule has 1 aromatic heterocycles. The predicted molar refractivity (Wildman–Crippen MR) is 106 cm³/mol. The average molecular weight is 453 g/mol. The van der Waals surface area contributed by atoms with Gasteiger partial charge in [0.1, 0.15) is 17.2 Å². The number of fused-ring (bicyclic) bond motifs is 1. The number of benzene rings is 1. The molecule has 0 radical (unpaired) electrons. The lowest BCUT2D eigenvalue weighted by Crippen LogP contribution is -2.43. The Hall–Kier alpha value is -2.68. The molecule has 28 heavy (non-hydrogen) atoms. The zero-order chi connectivity index (χ0) is 20.7. The summed E-state index contributed by atoms with van der Waals surface area (Å²) in [7, 11) is 0. The van der Waals surface area contributed by atoms with Crippen LogP contribution in [-0.2, 0) is 14.3 Å². The van der Waals surface area contributed by atoms with Gasteiger partial charge in [-0.15, -0.1) is 0 Å². The molecule has 1 heterocycles. The van der Waals surface area contributed by atoms with Gasteiger partial charge in [-0.2, -0.15) is 0 Å². The third kappa shape index (κ3) is 5.66. The first-order chi connectivity index (χ1) is 13.3. The van der Waals surface area contributed by atoms with Gasteiger partial charge in [-0.3, -0.25) is 9.59 Å². The van der Waals surface area contributed by atoms with Gasteiger partial charge in [-0.1, -0.05) is 15.9 Å². The summed E-state index contributed by atoms with van der Waals surface area (Å²) in [6, 6.07) is 5.35.